The standard InChI is InChI=1S/C20H15Cl3N4/c1-3-9-24-17(4-2)20-26-18-10-12(21)5-7-14(18)19(27-20)25-13-6-8-15(22)16(23)11-13/h3-11H,1H2,2H3,(H,25,26,27)/b17-4-,24-9?. The van der Waals surface area contributed by atoms with Gasteiger partial charge < -0.3 is 5.32 Å². The van der Waals surface area contributed by atoms with Crippen LogP contribution in [-0.4, -0.2) is 16.2 Å². The summed E-state index contributed by atoms with van der Waals surface area (Å²) in [5.74, 6) is 1.08. The number of hydrogen-bond acceptors (Lipinski definition) is 4. The Hall–Kier alpha value is -2.40. The summed E-state index contributed by atoms with van der Waals surface area (Å²) < 4.78 is 0. The van der Waals surface area contributed by atoms with Gasteiger partial charge in [0.2, 0.25) is 0 Å². The minimum Gasteiger partial charge on any atom is -0.340 e. The molecule has 0 aliphatic carbocycles. The van der Waals surface area contributed by atoms with Crippen LogP contribution in [0.2, 0.25) is 15.1 Å². The van der Waals surface area contributed by atoms with Crippen molar-refractivity contribution in [3.63, 3.8) is 0 Å². The zero-order valence-electron chi connectivity index (χ0n) is 14.4. The average molecular weight is 418 g/mol. The SMILES string of the molecule is C=CC=N/C(=C\C)c1nc(Nc2ccc(Cl)c(Cl)c2)c2ccc(Cl)cc2n1. The lowest BCUT2D eigenvalue weighted by Gasteiger charge is -2.12. The van der Waals surface area contributed by atoms with Crippen LogP contribution in [0, 0.1) is 0 Å². The molecule has 0 radical (unpaired) electrons. The number of rotatable bonds is 5. The van der Waals surface area contributed by atoms with E-state index in [-0.39, 0.29) is 0 Å². The molecule has 4 nitrogen and oxygen atoms in total. The third kappa shape index (κ3) is 4.48. The van der Waals surface area contributed by atoms with Gasteiger partial charge in [-0.1, -0.05) is 53.5 Å². The Morgan fingerprint density at radius 2 is 1.89 bits per heavy atom. The summed E-state index contributed by atoms with van der Waals surface area (Å²) in [4.78, 5) is 13.6. The fourth-order valence-electron chi connectivity index (χ4n) is 2.42. The van der Waals surface area contributed by atoms with E-state index >= 15 is 0 Å². The topological polar surface area (TPSA) is 50.2 Å². The summed E-state index contributed by atoms with van der Waals surface area (Å²) >= 11 is 18.3. The Morgan fingerprint density at radius 1 is 1.07 bits per heavy atom. The highest BCUT2D eigenvalue weighted by Crippen LogP contribution is 2.30. The van der Waals surface area contributed by atoms with Gasteiger partial charge in [-0.05, 0) is 43.3 Å². The molecule has 27 heavy (non-hydrogen) atoms. The molecule has 7 heteroatoms. The minimum atomic E-state index is 0.452. The molecule has 3 aromatic rings. The van der Waals surface area contributed by atoms with Crippen molar-refractivity contribution in [1.29, 1.82) is 0 Å². The molecule has 0 spiro atoms. The average Bonchev–Trinajstić information content (AvgIpc) is 2.65. The quantitative estimate of drug-likeness (QED) is 0.457. The largest absolute Gasteiger partial charge is 0.340 e. The number of nitrogens with zero attached hydrogens (tertiary/aromatic N) is 3. The van der Waals surface area contributed by atoms with Gasteiger partial charge in [0.25, 0.3) is 0 Å². The third-order valence-corrected chi connectivity index (χ3v) is 4.64. The first-order chi connectivity index (χ1) is 13.0. The number of hydrogen-bond donors (Lipinski definition) is 1. The molecular formula is C20H15Cl3N4. The number of aliphatic imine (C=N–C) groups is 1. The van der Waals surface area contributed by atoms with Gasteiger partial charge in [-0.15, -0.1) is 0 Å². The van der Waals surface area contributed by atoms with Crippen molar-refractivity contribution in [2.24, 2.45) is 4.99 Å². The van der Waals surface area contributed by atoms with E-state index < -0.39 is 0 Å². The van der Waals surface area contributed by atoms with Crippen molar-refractivity contribution in [2.45, 2.75) is 6.92 Å². The molecular weight excluding hydrogens is 403 g/mol. The second kappa shape index (κ2) is 8.53. The maximum atomic E-state index is 6.15. The van der Waals surface area contributed by atoms with Crippen LogP contribution >= 0.6 is 34.8 Å². The lowest BCUT2D eigenvalue weighted by atomic mass is 10.2. The summed E-state index contributed by atoms with van der Waals surface area (Å²) in [5.41, 5.74) is 2.07. The Labute approximate surface area is 172 Å². The maximum absolute atomic E-state index is 6.15. The third-order valence-electron chi connectivity index (χ3n) is 3.66. The first kappa shape index (κ1) is 19.4. The van der Waals surface area contributed by atoms with Gasteiger partial charge in [0.1, 0.15) is 11.5 Å². The van der Waals surface area contributed by atoms with E-state index in [1.165, 1.54) is 0 Å². The molecule has 0 fully saturated rings. The maximum Gasteiger partial charge on any atom is 0.180 e. The van der Waals surface area contributed by atoms with Gasteiger partial charge in [-0.2, -0.15) is 0 Å². The van der Waals surface area contributed by atoms with Crippen LogP contribution < -0.4 is 5.32 Å². The van der Waals surface area contributed by atoms with E-state index in [0.29, 0.717) is 37.9 Å². The van der Waals surface area contributed by atoms with Gasteiger partial charge in [0.05, 0.1) is 15.6 Å². The molecule has 0 saturated carbocycles. The van der Waals surface area contributed by atoms with Crippen LogP contribution in [0.1, 0.15) is 12.7 Å². The van der Waals surface area contributed by atoms with Crippen LogP contribution in [0.15, 0.2) is 60.1 Å². The Bertz CT molecular complexity index is 1070. The molecule has 136 valence electrons. The van der Waals surface area contributed by atoms with Crippen LogP contribution in [0.3, 0.4) is 0 Å². The molecule has 1 aromatic heterocycles. The van der Waals surface area contributed by atoms with Crippen molar-refractivity contribution in [2.75, 3.05) is 5.32 Å². The van der Waals surface area contributed by atoms with Crippen LogP contribution in [0.5, 0.6) is 0 Å². The van der Waals surface area contributed by atoms with E-state index in [9.17, 15) is 0 Å². The van der Waals surface area contributed by atoms with Crippen molar-refractivity contribution in [1.82, 2.24) is 9.97 Å². The predicted octanol–water partition coefficient (Wildman–Crippen LogP) is 6.95. The molecule has 2 aromatic carbocycles. The first-order valence-electron chi connectivity index (χ1n) is 8.03. The summed E-state index contributed by atoms with van der Waals surface area (Å²) in [6, 6.07) is 10.7. The number of fused-ring (bicyclic) bond motifs is 1. The van der Waals surface area contributed by atoms with E-state index in [4.69, 9.17) is 34.8 Å². The van der Waals surface area contributed by atoms with Crippen LogP contribution in [0.4, 0.5) is 11.5 Å². The van der Waals surface area contributed by atoms with Crippen molar-refractivity contribution in [3.8, 4) is 0 Å². The number of nitrogens with one attached hydrogen (secondary N) is 1. The Kier molecular flexibility index (Phi) is 6.11. The molecule has 1 N–H and O–H groups in total. The molecule has 3 rings (SSSR count). The summed E-state index contributed by atoms with van der Waals surface area (Å²) in [5, 5.41) is 5.61. The van der Waals surface area contributed by atoms with Gasteiger partial charge >= 0.3 is 0 Å². The van der Waals surface area contributed by atoms with Gasteiger partial charge in [-0.3, -0.25) is 4.99 Å². The normalized spacial score (nSPS) is 11.9. The monoisotopic (exact) mass is 416 g/mol. The number of allylic oxidation sites excluding steroid dienone is 2. The highest BCUT2D eigenvalue weighted by molar-refractivity contribution is 6.42. The van der Waals surface area contributed by atoms with Crippen LogP contribution in [0.25, 0.3) is 16.6 Å². The number of halogens is 3. The highest BCUT2D eigenvalue weighted by Gasteiger charge is 2.12. The van der Waals surface area contributed by atoms with Crippen molar-refractivity contribution >= 4 is 69.1 Å². The van der Waals surface area contributed by atoms with Gasteiger partial charge in [0, 0.05) is 22.3 Å². The fraction of sp³-hybridized carbons (Fsp3) is 0.0500. The zero-order valence-corrected chi connectivity index (χ0v) is 16.6. The Balaban J connectivity index is 2.15. The Morgan fingerprint density at radius 3 is 2.59 bits per heavy atom. The summed E-state index contributed by atoms with van der Waals surface area (Å²) in [6.45, 7) is 5.51. The van der Waals surface area contributed by atoms with Crippen LogP contribution in [-0.2, 0) is 0 Å². The molecule has 0 aliphatic rings. The summed E-state index contributed by atoms with van der Waals surface area (Å²) in [6.07, 6.45) is 5.01. The van der Waals surface area contributed by atoms with Gasteiger partial charge in [-0.25, -0.2) is 9.97 Å². The minimum absolute atomic E-state index is 0.452. The molecule has 0 unspecified atom stereocenters. The van der Waals surface area contributed by atoms with E-state index in [2.05, 4.69) is 26.9 Å². The number of anilines is 2. The van der Waals surface area contributed by atoms with E-state index in [1.807, 2.05) is 25.1 Å². The fourth-order valence-corrected chi connectivity index (χ4v) is 2.88. The van der Waals surface area contributed by atoms with E-state index in [0.717, 1.165) is 11.1 Å². The number of aromatic nitrogens is 2. The zero-order chi connectivity index (χ0) is 19.4. The smallest absolute Gasteiger partial charge is 0.180 e. The highest BCUT2D eigenvalue weighted by atomic mass is 35.5. The van der Waals surface area contributed by atoms with Gasteiger partial charge in [0.15, 0.2) is 5.82 Å². The lowest BCUT2D eigenvalue weighted by Crippen LogP contribution is -2.01. The molecule has 0 amide bonds. The lowest BCUT2D eigenvalue weighted by molar-refractivity contribution is 1.15. The molecule has 1 heterocycles. The van der Waals surface area contributed by atoms with Crippen molar-refractivity contribution in [3.05, 3.63) is 76.0 Å². The molecule has 0 aliphatic heterocycles. The number of benzene rings is 2. The predicted molar refractivity (Wildman–Crippen MR) is 117 cm³/mol. The molecule has 0 saturated heterocycles. The summed E-state index contributed by atoms with van der Waals surface area (Å²) in [7, 11) is 0. The second-order valence-electron chi connectivity index (χ2n) is 5.50. The first-order valence-corrected chi connectivity index (χ1v) is 9.16. The second-order valence-corrected chi connectivity index (χ2v) is 6.75. The van der Waals surface area contributed by atoms with Crippen molar-refractivity contribution < 1.29 is 0 Å². The van der Waals surface area contributed by atoms with E-state index in [1.54, 1.807) is 36.6 Å². The molecule has 0 atom stereocenters. The molecule has 0 bridgehead atoms.